The Labute approximate surface area is 135 Å². The fraction of sp³-hybridized carbons (Fsp3) is 0. The summed E-state index contributed by atoms with van der Waals surface area (Å²) in [6.45, 7) is 0. The molecular formula is C14H11ClFN5O2. The topological polar surface area (TPSA) is 113 Å². The number of rotatable bonds is 5. The number of nitrogens with zero attached hydrogens (tertiary/aromatic N) is 3. The third-order valence-electron chi connectivity index (χ3n) is 2.61. The van der Waals surface area contributed by atoms with Crippen LogP contribution in [0.2, 0.25) is 5.28 Å². The van der Waals surface area contributed by atoms with Crippen LogP contribution >= 0.6 is 11.6 Å². The quantitative estimate of drug-likeness (QED) is 0.572. The largest absolute Gasteiger partial charge is 0.477 e. The van der Waals surface area contributed by atoms with Crippen LogP contribution in [0.1, 0.15) is 10.4 Å². The molecule has 1 aromatic carbocycles. The summed E-state index contributed by atoms with van der Waals surface area (Å²) in [6, 6.07) is 4.09. The van der Waals surface area contributed by atoms with Crippen LogP contribution in [0.4, 0.5) is 21.6 Å². The summed E-state index contributed by atoms with van der Waals surface area (Å²) in [4.78, 5) is 22.4. The van der Waals surface area contributed by atoms with E-state index in [1.807, 2.05) is 0 Å². The molecule has 0 atom stereocenters. The van der Waals surface area contributed by atoms with Gasteiger partial charge in [-0.3, -0.25) is 4.99 Å². The van der Waals surface area contributed by atoms with Crippen LogP contribution in [0.5, 0.6) is 0 Å². The molecule has 118 valence electrons. The number of nitrogens with one attached hydrogen (secondary N) is 1. The molecule has 0 aliphatic rings. The van der Waals surface area contributed by atoms with Gasteiger partial charge in [0.25, 0.3) is 0 Å². The van der Waals surface area contributed by atoms with E-state index in [-0.39, 0.29) is 28.0 Å². The number of halogens is 2. The third kappa shape index (κ3) is 4.24. The first kappa shape index (κ1) is 16.4. The van der Waals surface area contributed by atoms with Gasteiger partial charge >= 0.3 is 5.97 Å². The van der Waals surface area contributed by atoms with Crippen molar-refractivity contribution in [1.29, 1.82) is 0 Å². The smallest absolute Gasteiger partial charge is 0.341 e. The van der Waals surface area contributed by atoms with Gasteiger partial charge in [-0.2, -0.15) is 4.98 Å². The molecule has 0 aliphatic carbocycles. The van der Waals surface area contributed by atoms with E-state index in [9.17, 15) is 9.18 Å². The van der Waals surface area contributed by atoms with Crippen molar-refractivity contribution in [3.63, 3.8) is 0 Å². The molecule has 2 rings (SSSR count). The summed E-state index contributed by atoms with van der Waals surface area (Å²) in [5.74, 6) is -1.88. The fourth-order valence-electron chi connectivity index (χ4n) is 1.61. The first-order chi connectivity index (χ1) is 11.0. The van der Waals surface area contributed by atoms with Gasteiger partial charge in [0, 0.05) is 18.1 Å². The SMILES string of the molecule is NC=CC=Nc1ccc(Nc2nc(Cl)ncc2C(=O)O)cc1F. The Bertz CT molecular complexity index is 795. The monoisotopic (exact) mass is 335 g/mol. The van der Waals surface area contributed by atoms with E-state index in [4.69, 9.17) is 22.4 Å². The van der Waals surface area contributed by atoms with Gasteiger partial charge in [-0.25, -0.2) is 14.2 Å². The number of allylic oxidation sites excluding steroid dienone is 1. The molecule has 0 bridgehead atoms. The molecular weight excluding hydrogens is 325 g/mol. The van der Waals surface area contributed by atoms with Crippen molar-refractivity contribution in [2.24, 2.45) is 10.7 Å². The highest BCUT2D eigenvalue weighted by Crippen LogP contribution is 2.25. The van der Waals surface area contributed by atoms with Crippen molar-refractivity contribution in [2.75, 3.05) is 5.32 Å². The zero-order valence-electron chi connectivity index (χ0n) is 11.6. The minimum atomic E-state index is -1.24. The van der Waals surface area contributed by atoms with Gasteiger partial charge in [-0.05, 0) is 42.1 Å². The molecule has 9 heteroatoms. The molecule has 0 saturated heterocycles. The zero-order chi connectivity index (χ0) is 16.8. The van der Waals surface area contributed by atoms with Crippen molar-refractivity contribution >= 4 is 41.0 Å². The molecule has 1 heterocycles. The maximum atomic E-state index is 13.9. The number of carboxylic acids is 1. The van der Waals surface area contributed by atoms with E-state index in [0.29, 0.717) is 0 Å². The van der Waals surface area contributed by atoms with Gasteiger partial charge in [0.15, 0.2) is 5.82 Å². The van der Waals surface area contributed by atoms with Crippen molar-refractivity contribution in [2.45, 2.75) is 0 Å². The lowest BCUT2D eigenvalue weighted by Crippen LogP contribution is -2.06. The van der Waals surface area contributed by atoms with Crippen molar-refractivity contribution in [3.05, 3.63) is 53.3 Å². The van der Waals surface area contributed by atoms with Gasteiger partial charge in [-0.15, -0.1) is 0 Å². The number of carbonyl (C=O) groups is 1. The van der Waals surface area contributed by atoms with Crippen LogP contribution in [-0.2, 0) is 0 Å². The normalized spacial score (nSPS) is 11.2. The summed E-state index contributed by atoms with van der Waals surface area (Å²) in [6.07, 6.45) is 5.13. The second-order valence-corrected chi connectivity index (χ2v) is 4.50. The molecule has 0 radical (unpaired) electrons. The summed E-state index contributed by atoms with van der Waals surface area (Å²) < 4.78 is 13.9. The zero-order valence-corrected chi connectivity index (χ0v) is 12.3. The standard InChI is InChI=1S/C14H11ClFN5O2/c15-14-19-7-9(13(22)23)12(21-14)20-8-2-3-11(10(16)6-8)18-5-1-4-17/h1-7H,17H2,(H,22,23)(H,19,20,21). The first-order valence-electron chi connectivity index (χ1n) is 6.24. The molecule has 0 aliphatic heterocycles. The Kier molecular flexibility index (Phi) is 5.21. The third-order valence-corrected chi connectivity index (χ3v) is 2.79. The summed E-state index contributed by atoms with van der Waals surface area (Å²) in [5, 5.41) is 11.6. The number of aromatic carboxylic acids is 1. The van der Waals surface area contributed by atoms with Gasteiger partial charge in [0.2, 0.25) is 5.28 Å². The number of carboxylic acid groups (broad SMARTS) is 1. The number of aliphatic imine (C=N–C) groups is 1. The van der Waals surface area contributed by atoms with Gasteiger partial charge in [-0.1, -0.05) is 0 Å². The van der Waals surface area contributed by atoms with Crippen molar-refractivity contribution in [3.8, 4) is 0 Å². The van der Waals surface area contributed by atoms with Gasteiger partial charge in [0.1, 0.15) is 11.4 Å². The van der Waals surface area contributed by atoms with E-state index in [0.717, 1.165) is 12.3 Å². The van der Waals surface area contributed by atoms with E-state index in [1.165, 1.54) is 30.6 Å². The Hall–Kier alpha value is -3.00. The second-order valence-electron chi connectivity index (χ2n) is 4.16. The number of anilines is 2. The van der Waals surface area contributed by atoms with Crippen LogP contribution in [0.15, 0.2) is 41.7 Å². The number of benzene rings is 1. The number of hydrogen-bond donors (Lipinski definition) is 3. The van der Waals surface area contributed by atoms with Gasteiger partial charge in [0.05, 0.1) is 5.69 Å². The highest BCUT2D eigenvalue weighted by molar-refractivity contribution is 6.28. The maximum Gasteiger partial charge on any atom is 0.341 e. The number of aromatic nitrogens is 2. The molecule has 4 N–H and O–H groups in total. The van der Waals surface area contributed by atoms with Crippen LogP contribution in [0.25, 0.3) is 0 Å². The maximum absolute atomic E-state index is 13.9. The van der Waals surface area contributed by atoms with Gasteiger partial charge < -0.3 is 16.2 Å². The Balaban J connectivity index is 2.29. The molecule has 0 saturated carbocycles. The highest BCUT2D eigenvalue weighted by Gasteiger charge is 2.14. The van der Waals surface area contributed by atoms with Crippen molar-refractivity contribution < 1.29 is 14.3 Å². The summed E-state index contributed by atoms with van der Waals surface area (Å²) >= 11 is 5.65. The van der Waals surface area contributed by atoms with Crippen LogP contribution in [-0.4, -0.2) is 27.3 Å². The fourth-order valence-corrected chi connectivity index (χ4v) is 1.74. The molecule has 23 heavy (non-hydrogen) atoms. The first-order valence-corrected chi connectivity index (χ1v) is 6.62. The molecule has 0 fully saturated rings. The van der Waals surface area contributed by atoms with E-state index in [1.54, 1.807) is 0 Å². The Morgan fingerprint density at radius 1 is 1.48 bits per heavy atom. The molecule has 1 aromatic heterocycles. The Morgan fingerprint density at radius 3 is 2.91 bits per heavy atom. The molecule has 0 spiro atoms. The molecule has 0 amide bonds. The van der Waals surface area contributed by atoms with E-state index < -0.39 is 11.8 Å². The average Bonchev–Trinajstić information content (AvgIpc) is 2.49. The summed E-state index contributed by atoms with van der Waals surface area (Å²) in [7, 11) is 0. The molecule has 2 aromatic rings. The van der Waals surface area contributed by atoms with Crippen LogP contribution in [0, 0.1) is 5.82 Å². The lowest BCUT2D eigenvalue weighted by molar-refractivity contribution is 0.0697. The van der Waals surface area contributed by atoms with E-state index in [2.05, 4.69) is 20.3 Å². The predicted octanol–water partition coefficient (Wildman–Crippen LogP) is 2.89. The number of nitrogens with two attached hydrogens (primary N) is 1. The number of hydrogen-bond acceptors (Lipinski definition) is 6. The lowest BCUT2D eigenvalue weighted by Gasteiger charge is -2.09. The van der Waals surface area contributed by atoms with Crippen LogP contribution in [0.3, 0.4) is 0 Å². The van der Waals surface area contributed by atoms with Crippen LogP contribution < -0.4 is 11.1 Å². The highest BCUT2D eigenvalue weighted by atomic mass is 35.5. The predicted molar refractivity (Wildman–Crippen MR) is 85.2 cm³/mol. The minimum absolute atomic E-state index is 0.0424. The lowest BCUT2D eigenvalue weighted by atomic mass is 10.2. The summed E-state index contributed by atoms with van der Waals surface area (Å²) in [5.41, 5.74) is 5.35. The second kappa shape index (κ2) is 7.32. The minimum Gasteiger partial charge on any atom is -0.477 e. The van der Waals surface area contributed by atoms with Crippen molar-refractivity contribution in [1.82, 2.24) is 9.97 Å². The molecule has 0 unspecified atom stereocenters. The van der Waals surface area contributed by atoms with E-state index >= 15 is 0 Å². The average molecular weight is 336 g/mol. The Morgan fingerprint density at radius 2 is 2.26 bits per heavy atom. The molecule has 7 nitrogen and oxygen atoms in total.